The minimum atomic E-state index is 0.154. The average molecular weight is 219 g/mol. The lowest BCUT2D eigenvalue weighted by atomic mass is 10.2. The van der Waals surface area contributed by atoms with Gasteiger partial charge in [0.05, 0.1) is 24.8 Å². The summed E-state index contributed by atoms with van der Waals surface area (Å²) in [5.41, 5.74) is 7.94. The standard InChI is InChI=1S/C11H17N5/c1-9(12)3-11-7-16(8-13-11)6-10-4-14-15(2)5-10/h4-5,7-9H,3,6,12H2,1-2H3. The Labute approximate surface area is 94.9 Å². The van der Waals surface area contributed by atoms with Crippen LogP contribution in [0.4, 0.5) is 0 Å². The van der Waals surface area contributed by atoms with E-state index in [1.54, 1.807) is 4.68 Å². The van der Waals surface area contributed by atoms with Gasteiger partial charge < -0.3 is 10.3 Å². The van der Waals surface area contributed by atoms with E-state index < -0.39 is 0 Å². The molecule has 2 N–H and O–H groups in total. The Balaban J connectivity index is 2.02. The second kappa shape index (κ2) is 4.49. The van der Waals surface area contributed by atoms with Crippen LogP contribution in [0.5, 0.6) is 0 Å². The summed E-state index contributed by atoms with van der Waals surface area (Å²) in [5, 5.41) is 4.13. The molecule has 0 saturated carbocycles. The van der Waals surface area contributed by atoms with Gasteiger partial charge in [-0.25, -0.2) is 4.98 Å². The maximum Gasteiger partial charge on any atom is 0.0952 e. The molecule has 0 amide bonds. The molecule has 2 aromatic rings. The van der Waals surface area contributed by atoms with Gasteiger partial charge in [0.25, 0.3) is 0 Å². The first-order valence-electron chi connectivity index (χ1n) is 5.37. The largest absolute Gasteiger partial charge is 0.333 e. The third-order valence-electron chi connectivity index (χ3n) is 2.34. The minimum Gasteiger partial charge on any atom is -0.333 e. The topological polar surface area (TPSA) is 61.7 Å². The van der Waals surface area contributed by atoms with Gasteiger partial charge in [0, 0.05) is 37.5 Å². The first kappa shape index (κ1) is 10.9. The lowest BCUT2D eigenvalue weighted by molar-refractivity contribution is 0.723. The zero-order valence-corrected chi connectivity index (χ0v) is 9.67. The Kier molecular flexibility index (Phi) is 3.05. The Morgan fingerprint density at radius 2 is 2.25 bits per heavy atom. The Bertz CT molecular complexity index is 454. The summed E-state index contributed by atoms with van der Waals surface area (Å²) in [6, 6.07) is 0.154. The molecule has 0 aliphatic heterocycles. The van der Waals surface area contributed by atoms with Crippen molar-refractivity contribution < 1.29 is 0 Å². The van der Waals surface area contributed by atoms with Crippen LogP contribution in [-0.4, -0.2) is 25.4 Å². The van der Waals surface area contributed by atoms with E-state index in [4.69, 9.17) is 5.73 Å². The maximum absolute atomic E-state index is 5.73. The number of hydrogen-bond acceptors (Lipinski definition) is 3. The van der Waals surface area contributed by atoms with Crippen molar-refractivity contribution in [1.29, 1.82) is 0 Å². The summed E-state index contributed by atoms with van der Waals surface area (Å²) in [5.74, 6) is 0. The first-order valence-corrected chi connectivity index (χ1v) is 5.37. The summed E-state index contributed by atoms with van der Waals surface area (Å²) in [6.07, 6.45) is 8.57. The lowest BCUT2D eigenvalue weighted by Crippen LogP contribution is -2.17. The zero-order valence-electron chi connectivity index (χ0n) is 9.67. The fourth-order valence-corrected chi connectivity index (χ4v) is 1.69. The van der Waals surface area contributed by atoms with Crippen molar-refractivity contribution in [3.63, 3.8) is 0 Å². The highest BCUT2D eigenvalue weighted by Crippen LogP contribution is 2.04. The van der Waals surface area contributed by atoms with Crippen molar-refractivity contribution in [3.05, 3.63) is 36.2 Å². The van der Waals surface area contributed by atoms with Crippen LogP contribution in [0.25, 0.3) is 0 Å². The molecule has 0 saturated heterocycles. The molecule has 2 aromatic heterocycles. The quantitative estimate of drug-likeness (QED) is 0.817. The van der Waals surface area contributed by atoms with Crippen LogP contribution in [-0.2, 0) is 20.0 Å². The van der Waals surface area contributed by atoms with E-state index in [-0.39, 0.29) is 6.04 Å². The Hall–Kier alpha value is -1.62. The van der Waals surface area contributed by atoms with Gasteiger partial charge in [0.15, 0.2) is 0 Å². The minimum absolute atomic E-state index is 0.154. The number of hydrogen-bond donors (Lipinski definition) is 1. The summed E-state index contributed by atoms with van der Waals surface area (Å²) in [4.78, 5) is 4.32. The van der Waals surface area contributed by atoms with Gasteiger partial charge in [0.2, 0.25) is 0 Å². The highest BCUT2D eigenvalue weighted by Gasteiger charge is 2.03. The second-order valence-corrected chi connectivity index (χ2v) is 4.24. The number of nitrogens with zero attached hydrogens (tertiary/aromatic N) is 4. The fourth-order valence-electron chi connectivity index (χ4n) is 1.69. The molecule has 0 fully saturated rings. The van der Waals surface area contributed by atoms with E-state index in [9.17, 15) is 0 Å². The number of imidazole rings is 1. The molecule has 0 aliphatic rings. The SMILES string of the molecule is CC(N)Cc1cn(Cc2cnn(C)c2)cn1. The molecule has 0 spiro atoms. The molecule has 86 valence electrons. The van der Waals surface area contributed by atoms with Crippen LogP contribution in [0.2, 0.25) is 0 Å². The maximum atomic E-state index is 5.73. The van der Waals surface area contributed by atoms with Crippen LogP contribution >= 0.6 is 0 Å². The van der Waals surface area contributed by atoms with Crippen LogP contribution in [0, 0.1) is 0 Å². The highest BCUT2D eigenvalue weighted by molar-refractivity contribution is 5.07. The van der Waals surface area contributed by atoms with Gasteiger partial charge in [-0.05, 0) is 6.92 Å². The van der Waals surface area contributed by atoms with Crippen LogP contribution < -0.4 is 5.73 Å². The average Bonchev–Trinajstić information content (AvgIpc) is 2.76. The van der Waals surface area contributed by atoms with Crippen LogP contribution in [0.15, 0.2) is 24.9 Å². The molecule has 5 nitrogen and oxygen atoms in total. The van der Waals surface area contributed by atoms with E-state index in [1.807, 2.05) is 38.9 Å². The van der Waals surface area contributed by atoms with Crippen LogP contribution in [0.1, 0.15) is 18.2 Å². The third-order valence-corrected chi connectivity index (χ3v) is 2.34. The summed E-state index contributed by atoms with van der Waals surface area (Å²) in [6.45, 7) is 2.79. The van der Waals surface area contributed by atoms with Gasteiger partial charge in [-0.2, -0.15) is 5.10 Å². The molecule has 2 heterocycles. The number of rotatable bonds is 4. The summed E-state index contributed by atoms with van der Waals surface area (Å²) >= 11 is 0. The predicted molar refractivity (Wildman–Crippen MR) is 61.9 cm³/mol. The summed E-state index contributed by atoms with van der Waals surface area (Å²) < 4.78 is 3.85. The van der Waals surface area contributed by atoms with Crippen molar-refractivity contribution in [3.8, 4) is 0 Å². The molecule has 1 atom stereocenters. The van der Waals surface area contributed by atoms with E-state index in [1.165, 1.54) is 5.56 Å². The second-order valence-electron chi connectivity index (χ2n) is 4.24. The molecule has 16 heavy (non-hydrogen) atoms. The van der Waals surface area contributed by atoms with Crippen molar-refractivity contribution in [2.75, 3.05) is 0 Å². The zero-order chi connectivity index (χ0) is 11.5. The van der Waals surface area contributed by atoms with Crippen LogP contribution in [0.3, 0.4) is 0 Å². The van der Waals surface area contributed by atoms with Crippen molar-refractivity contribution in [2.24, 2.45) is 12.8 Å². The predicted octanol–water partition coefficient (Wildman–Crippen LogP) is 0.555. The van der Waals surface area contributed by atoms with Gasteiger partial charge in [-0.1, -0.05) is 0 Å². The van der Waals surface area contributed by atoms with Gasteiger partial charge in [-0.3, -0.25) is 4.68 Å². The normalized spacial score (nSPS) is 12.9. The number of aryl methyl sites for hydroxylation is 1. The highest BCUT2D eigenvalue weighted by atomic mass is 15.2. The molecule has 0 bridgehead atoms. The van der Waals surface area contributed by atoms with Crippen molar-refractivity contribution >= 4 is 0 Å². The molecule has 1 unspecified atom stereocenters. The molecule has 5 heteroatoms. The monoisotopic (exact) mass is 219 g/mol. The summed E-state index contributed by atoms with van der Waals surface area (Å²) in [7, 11) is 1.92. The van der Waals surface area contributed by atoms with E-state index >= 15 is 0 Å². The molecule has 0 radical (unpaired) electrons. The lowest BCUT2D eigenvalue weighted by Gasteiger charge is -2.00. The van der Waals surface area contributed by atoms with Crippen molar-refractivity contribution in [2.45, 2.75) is 25.9 Å². The van der Waals surface area contributed by atoms with E-state index in [2.05, 4.69) is 14.6 Å². The molecular weight excluding hydrogens is 202 g/mol. The van der Waals surface area contributed by atoms with Gasteiger partial charge >= 0.3 is 0 Å². The molecular formula is C11H17N5. The van der Waals surface area contributed by atoms with E-state index in [0.29, 0.717) is 0 Å². The number of aromatic nitrogens is 4. The Morgan fingerprint density at radius 1 is 1.44 bits per heavy atom. The third kappa shape index (κ3) is 2.70. The smallest absolute Gasteiger partial charge is 0.0952 e. The Morgan fingerprint density at radius 3 is 2.88 bits per heavy atom. The molecule has 0 aromatic carbocycles. The fraction of sp³-hybridized carbons (Fsp3) is 0.455. The number of nitrogens with two attached hydrogens (primary N) is 1. The first-order chi connectivity index (χ1) is 7.63. The molecule has 2 rings (SSSR count). The van der Waals surface area contributed by atoms with E-state index in [0.717, 1.165) is 18.7 Å². The van der Waals surface area contributed by atoms with Crippen molar-refractivity contribution in [1.82, 2.24) is 19.3 Å². The van der Waals surface area contributed by atoms with Gasteiger partial charge in [0.1, 0.15) is 0 Å². The molecule has 0 aliphatic carbocycles. The van der Waals surface area contributed by atoms with Gasteiger partial charge in [-0.15, -0.1) is 0 Å².